The van der Waals surface area contributed by atoms with E-state index in [0.717, 1.165) is 42.2 Å². The predicted molar refractivity (Wildman–Crippen MR) is 114 cm³/mol. The maximum Gasteiger partial charge on any atom is 0.142 e. The Labute approximate surface area is 170 Å². The minimum Gasteiger partial charge on any atom is -0.492 e. The number of nitriles is 1. The van der Waals surface area contributed by atoms with Gasteiger partial charge >= 0.3 is 0 Å². The summed E-state index contributed by atoms with van der Waals surface area (Å²) < 4.78 is 6.14. The molecular weight excluding hydrogens is 362 g/mol. The molecule has 0 bridgehead atoms. The SMILES string of the molecule is N#Cc1c(-c2ccccc2OCCN2CCCCC2)cc(-c2ccc[nH]2)nc1N. The minimum atomic E-state index is 0.220. The van der Waals surface area contributed by atoms with E-state index in [1.165, 1.54) is 19.3 Å². The Hall–Kier alpha value is -3.30. The van der Waals surface area contributed by atoms with Gasteiger partial charge in [-0.2, -0.15) is 5.26 Å². The minimum absolute atomic E-state index is 0.220. The summed E-state index contributed by atoms with van der Waals surface area (Å²) in [5.41, 5.74) is 9.63. The largest absolute Gasteiger partial charge is 0.492 e. The highest BCUT2D eigenvalue weighted by atomic mass is 16.5. The van der Waals surface area contributed by atoms with Crippen LogP contribution in [0.3, 0.4) is 0 Å². The first-order chi connectivity index (χ1) is 14.3. The normalized spacial score (nSPS) is 14.4. The van der Waals surface area contributed by atoms with E-state index in [1.807, 2.05) is 48.7 Å². The molecule has 6 heteroatoms. The third kappa shape index (κ3) is 4.25. The number of piperidine rings is 1. The van der Waals surface area contributed by atoms with Crippen LogP contribution in [0.1, 0.15) is 24.8 Å². The molecule has 3 heterocycles. The molecule has 0 amide bonds. The third-order valence-corrected chi connectivity index (χ3v) is 5.32. The number of H-pyrrole nitrogens is 1. The van der Waals surface area contributed by atoms with Gasteiger partial charge in [0.2, 0.25) is 0 Å². The number of rotatable bonds is 6. The zero-order valence-electron chi connectivity index (χ0n) is 16.4. The fourth-order valence-electron chi connectivity index (χ4n) is 3.81. The van der Waals surface area contributed by atoms with Gasteiger partial charge in [-0.05, 0) is 50.2 Å². The van der Waals surface area contributed by atoms with E-state index in [9.17, 15) is 5.26 Å². The van der Waals surface area contributed by atoms with Crippen LogP contribution in [0.25, 0.3) is 22.5 Å². The molecule has 3 N–H and O–H groups in total. The lowest BCUT2D eigenvalue weighted by Gasteiger charge is -2.26. The van der Waals surface area contributed by atoms with Gasteiger partial charge in [-0.15, -0.1) is 0 Å². The van der Waals surface area contributed by atoms with Crippen molar-refractivity contribution in [1.29, 1.82) is 5.26 Å². The Balaban J connectivity index is 1.63. The first-order valence-corrected chi connectivity index (χ1v) is 10.0. The molecular formula is C23H25N5O. The van der Waals surface area contributed by atoms with Crippen molar-refractivity contribution < 1.29 is 4.74 Å². The van der Waals surface area contributed by atoms with Crippen LogP contribution in [-0.4, -0.2) is 41.1 Å². The zero-order valence-corrected chi connectivity index (χ0v) is 16.4. The lowest BCUT2D eigenvalue weighted by atomic mass is 9.99. The molecule has 3 aromatic rings. The molecule has 29 heavy (non-hydrogen) atoms. The Morgan fingerprint density at radius 2 is 1.93 bits per heavy atom. The molecule has 2 aromatic heterocycles. The maximum atomic E-state index is 9.69. The van der Waals surface area contributed by atoms with Crippen LogP contribution in [0.15, 0.2) is 48.7 Å². The number of nitrogens with zero attached hydrogens (tertiary/aromatic N) is 3. The number of likely N-dealkylation sites (tertiary alicyclic amines) is 1. The molecule has 0 spiro atoms. The summed E-state index contributed by atoms with van der Waals surface area (Å²) in [6.45, 7) is 3.81. The second kappa shape index (κ2) is 8.80. The summed E-state index contributed by atoms with van der Waals surface area (Å²) in [6.07, 6.45) is 5.69. The Kier molecular flexibility index (Phi) is 5.78. The Morgan fingerprint density at radius 1 is 1.10 bits per heavy atom. The smallest absolute Gasteiger partial charge is 0.142 e. The molecule has 1 aliphatic rings. The molecule has 148 valence electrons. The molecule has 1 fully saturated rings. The number of benzene rings is 1. The van der Waals surface area contributed by atoms with Crippen LogP contribution < -0.4 is 10.5 Å². The number of ether oxygens (including phenoxy) is 1. The molecule has 0 atom stereocenters. The van der Waals surface area contributed by atoms with Crippen LogP contribution in [-0.2, 0) is 0 Å². The van der Waals surface area contributed by atoms with Gasteiger partial charge in [0.05, 0.1) is 11.4 Å². The number of nitrogens with two attached hydrogens (primary N) is 1. The number of para-hydroxylation sites is 1. The number of anilines is 1. The van der Waals surface area contributed by atoms with E-state index in [4.69, 9.17) is 10.5 Å². The number of hydrogen-bond acceptors (Lipinski definition) is 5. The Bertz CT molecular complexity index is 1000. The molecule has 0 aliphatic carbocycles. The van der Waals surface area contributed by atoms with Crippen LogP contribution in [0.4, 0.5) is 5.82 Å². The molecule has 0 saturated carbocycles. The third-order valence-electron chi connectivity index (χ3n) is 5.32. The van der Waals surface area contributed by atoms with Crippen molar-refractivity contribution in [3.63, 3.8) is 0 Å². The van der Waals surface area contributed by atoms with Crippen LogP contribution in [0.2, 0.25) is 0 Å². The van der Waals surface area contributed by atoms with Crippen molar-refractivity contribution in [2.45, 2.75) is 19.3 Å². The second-order valence-corrected chi connectivity index (χ2v) is 7.26. The van der Waals surface area contributed by atoms with Gasteiger partial charge in [0.1, 0.15) is 29.8 Å². The maximum absolute atomic E-state index is 9.69. The summed E-state index contributed by atoms with van der Waals surface area (Å²) in [7, 11) is 0. The lowest BCUT2D eigenvalue weighted by molar-refractivity contribution is 0.183. The quantitative estimate of drug-likeness (QED) is 0.665. The molecule has 1 aliphatic heterocycles. The van der Waals surface area contributed by atoms with Crippen LogP contribution >= 0.6 is 0 Å². The van der Waals surface area contributed by atoms with E-state index in [-0.39, 0.29) is 5.82 Å². The molecule has 0 radical (unpaired) electrons. The number of aromatic nitrogens is 2. The van der Waals surface area contributed by atoms with E-state index in [1.54, 1.807) is 0 Å². The van der Waals surface area contributed by atoms with Crippen molar-refractivity contribution in [3.05, 3.63) is 54.2 Å². The van der Waals surface area contributed by atoms with Crippen molar-refractivity contribution in [2.75, 3.05) is 32.0 Å². The standard InChI is InChI=1S/C23H25N5O/c24-16-19-18(15-21(27-23(19)25)20-8-6-10-26-20)17-7-2-3-9-22(17)29-14-13-28-11-4-1-5-12-28/h2-3,6-10,15,26H,1,4-5,11-14H2,(H2,25,27). The monoisotopic (exact) mass is 387 g/mol. The van der Waals surface area contributed by atoms with Gasteiger partial charge in [0.15, 0.2) is 0 Å². The fourth-order valence-corrected chi connectivity index (χ4v) is 3.81. The summed E-state index contributed by atoms with van der Waals surface area (Å²) >= 11 is 0. The number of nitrogens with one attached hydrogen (secondary N) is 1. The lowest BCUT2D eigenvalue weighted by Crippen LogP contribution is -2.33. The van der Waals surface area contributed by atoms with Crippen molar-refractivity contribution in [3.8, 4) is 34.3 Å². The first-order valence-electron chi connectivity index (χ1n) is 10.0. The predicted octanol–water partition coefficient (Wildman–Crippen LogP) is 4.06. The average molecular weight is 387 g/mol. The first kappa shape index (κ1) is 19.0. The second-order valence-electron chi connectivity index (χ2n) is 7.26. The van der Waals surface area contributed by atoms with E-state index >= 15 is 0 Å². The highest BCUT2D eigenvalue weighted by molar-refractivity contribution is 5.82. The van der Waals surface area contributed by atoms with E-state index < -0.39 is 0 Å². The Morgan fingerprint density at radius 3 is 2.69 bits per heavy atom. The molecule has 1 saturated heterocycles. The fraction of sp³-hybridized carbons (Fsp3) is 0.304. The zero-order chi connectivity index (χ0) is 20.1. The van der Waals surface area contributed by atoms with Gasteiger partial charge in [0.25, 0.3) is 0 Å². The summed E-state index contributed by atoms with van der Waals surface area (Å²) in [5, 5.41) is 9.69. The van der Waals surface area contributed by atoms with Gasteiger partial charge in [0, 0.05) is 23.9 Å². The van der Waals surface area contributed by atoms with Gasteiger partial charge in [-0.3, -0.25) is 4.90 Å². The molecule has 0 unspecified atom stereocenters. The number of aromatic amines is 1. The molecule has 6 nitrogen and oxygen atoms in total. The molecule has 1 aromatic carbocycles. The van der Waals surface area contributed by atoms with Crippen molar-refractivity contribution in [1.82, 2.24) is 14.9 Å². The van der Waals surface area contributed by atoms with Crippen molar-refractivity contribution in [2.24, 2.45) is 0 Å². The van der Waals surface area contributed by atoms with Crippen LogP contribution in [0.5, 0.6) is 5.75 Å². The topological polar surface area (TPSA) is 91.0 Å². The molecule has 4 rings (SSSR count). The summed E-state index contributed by atoms with van der Waals surface area (Å²) in [5.74, 6) is 0.974. The number of pyridine rings is 1. The van der Waals surface area contributed by atoms with Crippen molar-refractivity contribution >= 4 is 5.82 Å². The van der Waals surface area contributed by atoms with Crippen LogP contribution in [0, 0.1) is 11.3 Å². The summed E-state index contributed by atoms with van der Waals surface area (Å²) in [4.78, 5) is 9.99. The highest BCUT2D eigenvalue weighted by Crippen LogP contribution is 2.36. The number of nitrogen functional groups attached to an aromatic ring is 1. The van der Waals surface area contributed by atoms with Gasteiger partial charge < -0.3 is 15.5 Å². The van der Waals surface area contributed by atoms with Gasteiger partial charge in [-0.25, -0.2) is 4.98 Å². The summed E-state index contributed by atoms with van der Waals surface area (Å²) in [6, 6.07) is 15.7. The van der Waals surface area contributed by atoms with Gasteiger partial charge in [-0.1, -0.05) is 24.6 Å². The van der Waals surface area contributed by atoms with E-state index in [0.29, 0.717) is 17.9 Å². The number of hydrogen-bond donors (Lipinski definition) is 2. The average Bonchev–Trinajstić information content (AvgIpc) is 3.29. The van der Waals surface area contributed by atoms with E-state index in [2.05, 4.69) is 20.9 Å². The highest BCUT2D eigenvalue weighted by Gasteiger charge is 2.17.